The molecule has 5 heteroatoms. The van der Waals surface area contributed by atoms with Gasteiger partial charge in [0.1, 0.15) is 4.88 Å². The van der Waals surface area contributed by atoms with Gasteiger partial charge >= 0.3 is 5.97 Å². The molecule has 1 heterocycles. The molecule has 1 aromatic heterocycles. The van der Waals surface area contributed by atoms with Crippen LogP contribution in [0.4, 0.5) is 5.00 Å². The molecule has 0 saturated heterocycles. The highest BCUT2D eigenvalue weighted by Gasteiger charge is 2.20. The zero-order valence-electron chi connectivity index (χ0n) is 12.0. The van der Waals surface area contributed by atoms with Gasteiger partial charge in [0.15, 0.2) is 0 Å². The first-order valence-electron chi connectivity index (χ1n) is 6.27. The Kier molecular flexibility index (Phi) is 4.74. The van der Waals surface area contributed by atoms with Crippen molar-refractivity contribution in [1.29, 1.82) is 0 Å². The lowest BCUT2D eigenvalue weighted by Crippen LogP contribution is -2.19. The number of aromatic carboxylic acids is 1. The monoisotopic (exact) mass is 283 g/mol. The van der Waals surface area contributed by atoms with Crippen LogP contribution in [0.15, 0.2) is 6.07 Å². The summed E-state index contributed by atoms with van der Waals surface area (Å²) in [5.74, 6) is -0.901. The Morgan fingerprint density at radius 3 is 2.32 bits per heavy atom. The van der Waals surface area contributed by atoms with Gasteiger partial charge in [-0.15, -0.1) is 11.3 Å². The Hall–Kier alpha value is -1.36. The Bertz CT molecular complexity index is 483. The number of carboxylic acids is 1. The van der Waals surface area contributed by atoms with Crippen LogP contribution < -0.4 is 5.32 Å². The number of thiophene rings is 1. The summed E-state index contributed by atoms with van der Waals surface area (Å²) in [6, 6.07) is 1.76. The smallest absolute Gasteiger partial charge is 0.346 e. The van der Waals surface area contributed by atoms with Gasteiger partial charge in [0.05, 0.1) is 5.00 Å². The fourth-order valence-corrected chi connectivity index (χ4v) is 2.80. The molecule has 2 N–H and O–H groups in total. The largest absolute Gasteiger partial charge is 0.477 e. The lowest BCUT2D eigenvalue weighted by molar-refractivity contribution is -0.117. The van der Waals surface area contributed by atoms with Crippen molar-refractivity contribution in [1.82, 2.24) is 0 Å². The van der Waals surface area contributed by atoms with Crippen LogP contribution in [0.25, 0.3) is 0 Å². The average molecular weight is 283 g/mol. The van der Waals surface area contributed by atoms with Crippen molar-refractivity contribution in [3.8, 4) is 0 Å². The van der Waals surface area contributed by atoms with E-state index in [2.05, 4.69) is 5.32 Å². The van der Waals surface area contributed by atoms with Gasteiger partial charge in [-0.3, -0.25) is 4.79 Å². The van der Waals surface area contributed by atoms with E-state index in [9.17, 15) is 9.59 Å². The molecule has 0 spiro atoms. The molecule has 0 saturated carbocycles. The lowest BCUT2D eigenvalue weighted by Gasteiger charge is -2.16. The molecule has 0 aromatic carbocycles. The van der Waals surface area contributed by atoms with E-state index in [0.717, 1.165) is 16.9 Å². The van der Waals surface area contributed by atoms with Crippen LogP contribution in [0.2, 0.25) is 0 Å². The summed E-state index contributed by atoms with van der Waals surface area (Å²) in [5, 5.41) is 12.5. The van der Waals surface area contributed by atoms with E-state index in [1.165, 1.54) is 0 Å². The van der Waals surface area contributed by atoms with E-state index in [0.29, 0.717) is 16.3 Å². The van der Waals surface area contributed by atoms with Gasteiger partial charge in [-0.05, 0) is 23.0 Å². The number of hydrogen-bond donors (Lipinski definition) is 2. The first-order chi connectivity index (χ1) is 8.60. The number of anilines is 1. The zero-order chi connectivity index (χ0) is 14.8. The summed E-state index contributed by atoms with van der Waals surface area (Å²) in [6.07, 6.45) is 0.407. The highest BCUT2D eigenvalue weighted by atomic mass is 32.1. The number of carbonyl (C=O) groups is 2. The van der Waals surface area contributed by atoms with Crippen LogP contribution in [0, 0.1) is 5.41 Å². The maximum absolute atomic E-state index is 11.8. The van der Waals surface area contributed by atoms with Crippen LogP contribution in [0.1, 0.15) is 62.2 Å². The third-order valence-electron chi connectivity index (χ3n) is 2.53. The number of carbonyl (C=O) groups excluding carboxylic acids is 1. The van der Waals surface area contributed by atoms with Crippen LogP contribution in [-0.2, 0) is 4.79 Å². The Balaban J connectivity index is 2.89. The Labute approximate surface area is 117 Å². The standard InChI is InChI=1S/C14H21NO3S/c1-8(2)9-6-11(19-12(9)13(17)18)15-10(16)7-14(3,4)5/h6,8H,7H2,1-5H3,(H,15,16)(H,17,18). The molecule has 0 bridgehead atoms. The van der Waals surface area contributed by atoms with E-state index in [1.54, 1.807) is 6.07 Å². The number of amides is 1. The second-order valence-electron chi connectivity index (χ2n) is 6.14. The summed E-state index contributed by atoms with van der Waals surface area (Å²) < 4.78 is 0. The van der Waals surface area contributed by atoms with Crippen molar-refractivity contribution in [3.63, 3.8) is 0 Å². The van der Waals surface area contributed by atoms with Gasteiger partial charge in [-0.1, -0.05) is 34.6 Å². The third-order valence-corrected chi connectivity index (χ3v) is 3.58. The van der Waals surface area contributed by atoms with E-state index < -0.39 is 5.97 Å². The minimum absolute atomic E-state index is 0.0824. The summed E-state index contributed by atoms with van der Waals surface area (Å²) in [6.45, 7) is 9.85. The highest BCUT2D eigenvalue weighted by Crippen LogP contribution is 2.32. The first-order valence-corrected chi connectivity index (χ1v) is 7.08. The predicted molar refractivity (Wildman–Crippen MR) is 78.1 cm³/mol. The number of nitrogens with one attached hydrogen (secondary N) is 1. The van der Waals surface area contributed by atoms with Crippen molar-refractivity contribution in [2.75, 3.05) is 5.32 Å². The van der Waals surface area contributed by atoms with Gasteiger partial charge < -0.3 is 10.4 Å². The topological polar surface area (TPSA) is 66.4 Å². The minimum Gasteiger partial charge on any atom is -0.477 e. The number of carboxylic acid groups (broad SMARTS) is 1. The normalized spacial score (nSPS) is 11.7. The van der Waals surface area contributed by atoms with Crippen molar-refractivity contribution < 1.29 is 14.7 Å². The molecule has 0 aliphatic rings. The number of rotatable bonds is 4. The van der Waals surface area contributed by atoms with Crippen molar-refractivity contribution in [3.05, 3.63) is 16.5 Å². The maximum atomic E-state index is 11.8. The van der Waals surface area contributed by atoms with Crippen LogP contribution in [-0.4, -0.2) is 17.0 Å². The molecule has 1 aromatic rings. The first kappa shape index (κ1) is 15.7. The van der Waals surface area contributed by atoms with Gasteiger partial charge in [-0.25, -0.2) is 4.79 Å². The van der Waals surface area contributed by atoms with Crippen LogP contribution in [0.3, 0.4) is 0 Å². The maximum Gasteiger partial charge on any atom is 0.346 e. The second kappa shape index (κ2) is 5.74. The highest BCUT2D eigenvalue weighted by molar-refractivity contribution is 7.18. The molecule has 19 heavy (non-hydrogen) atoms. The molecular weight excluding hydrogens is 262 g/mol. The predicted octanol–water partition coefficient (Wildman–Crippen LogP) is 3.94. The molecule has 0 aliphatic carbocycles. The summed E-state index contributed by atoms with van der Waals surface area (Å²) >= 11 is 1.12. The summed E-state index contributed by atoms with van der Waals surface area (Å²) in [4.78, 5) is 23.3. The molecule has 0 aliphatic heterocycles. The summed E-state index contributed by atoms with van der Waals surface area (Å²) in [7, 11) is 0. The van der Waals surface area contributed by atoms with E-state index in [4.69, 9.17) is 5.11 Å². The van der Waals surface area contributed by atoms with E-state index in [1.807, 2.05) is 34.6 Å². The fraction of sp³-hybridized carbons (Fsp3) is 0.571. The molecule has 1 rings (SSSR count). The molecule has 0 atom stereocenters. The van der Waals surface area contributed by atoms with Crippen molar-refractivity contribution >= 4 is 28.2 Å². The minimum atomic E-state index is -0.940. The number of hydrogen-bond acceptors (Lipinski definition) is 3. The summed E-state index contributed by atoms with van der Waals surface area (Å²) in [5.41, 5.74) is 0.682. The quantitative estimate of drug-likeness (QED) is 0.879. The van der Waals surface area contributed by atoms with E-state index in [-0.39, 0.29) is 17.2 Å². The third kappa shape index (κ3) is 4.67. The van der Waals surface area contributed by atoms with Crippen molar-refractivity contribution in [2.24, 2.45) is 5.41 Å². The molecule has 106 valence electrons. The van der Waals surface area contributed by atoms with Gasteiger partial charge in [0, 0.05) is 6.42 Å². The molecule has 1 amide bonds. The fourth-order valence-electron chi connectivity index (χ4n) is 1.73. The van der Waals surface area contributed by atoms with Crippen LogP contribution in [0.5, 0.6) is 0 Å². The molecule has 0 fully saturated rings. The second-order valence-corrected chi connectivity index (χ2v) is 7.19. The van der Waals surface area contributed by atoms with Gasteiger partial charge in [0.25, 0.3) is 0 Å². The Morgan fingerprint density at radius 2 is 1.95 bits per heavy atom. The molecular formula is C14H21NO3S. The van der Waals surface area contributed by atoms with Gasteiger partial charge in [-0.2, -0.15) is 0 Å². The zero-order valence-corrected chi connectivity index (χ0v) is 12.9. The molecule has 0 unspecified atom stereocenters. The molecule has 4 nitrogen and oxygen atoms in total. The van der Waals surface area contributed by atoms with E-state index >= 15 is 0 Å². The lowest BCUT2D eigenvalue weighted by atomic mass is 9.92. The molecule has 0 radical (unpaired) electrons. The Morgan fingerprint density at radius 1 is 1.37 bits per heavy atom. The average Bonchev–Trinajstić information content (AvgIpc) is 2.58. The van der Waals surface area contributed by atoms with Crippen molar-refractivity contribution in [2.45, 2.75) is 47.0 Å². The van der Waals surface area contributed by atoms with Gasteiger partial charge in [0.2, 0.25) is 5.91 Å². The SMILES string of the molecule is CC(C)c1cc(NC(=O)CC(C)(C)C)sc1C(=O)O. The van der Waals surface area contributed by atoms with Crippen LogP contribution >= 0.6 is 11.3 Å².